The summed E-state index contributed by atoms with van der Waals surface area (Å²) in [5, 5.41) is 19.4. The minimum Gasteiger partial charge on any atom is -0.390 e. The molecule has 6 rings (SSSR count). The lowest BCUT2D eigenvalue weighted by molar-refractivity contribution is -0.0953. The maximum absolute atomic E-state index is 10.7. The number of nitrogens with zero attached hydrogens (tertiary/aromatic N) is 4. The van der Waals surface area contributed by atoms with E-state index in [0.717, 1.165) is 69.7 Å². The zero-order valence-corrected chi connectivity index (χ0v) is 20.8. The first-order valence-electron chi connectivity index (χ1n) is 12.8. The third-order valence-electron chi connectivity index (χ3n) is 7.56. The predicted octanol–water partition coefficient (Wildman–Crippen LogP) is 5.65. The maximum atomic E-state index is 10.7. The normalized spacial score (nSPS) is 21.7. The summed E-state index contributed by atoms with van der Waals surface area (Å²) in [6, 6.07) is 25.0. The number of pyridine rings is 2. The highest BCUT2D eigenvalue weighted by atomic mass is 16.3. The lowest BCUT2D eigenvalue weighted by Gasteiger charge is -2.51. The van der Waals surface area contributed by atoms with Crippen LogP contribution in [0.25, 0.3) is 39.1 Å². The van der Waals surface area contributed by atoms with Crippen molar-refractivity contribution in [3.63, 3.8) is 0 Å². The molecule has 0 atom stereocenters. The molecule has 182 valence electrons. The molecule has 0 aliphatic heterocycles. The summed E-state index contributed by atoms with van der Waals surface area (Å²) >= 11 is 0. The fourth-order valence-corrected chi connectivity index (χ4v) is 5.89. The molecule has 2 aromatic carbocycles. The lowest BCUT2D eigenvalue weighted by Crippen LogP contribution is -2.59. The van der Waals surface area contributed by atoms with E-state index in [9.17, 15) is 5.11 Å². The van der Waals surface area contributed by atoms with Crippen molar-refractivity contribution in [1.29, 1.82) is 0 Å². The standard InChI is InChI=1S/C30H31N5O/c1-3-16-29(36)18-30(31,19-29)22-12-10-21(11-13-22)28-23(20-8-6-5-7-9-20)17-25-24(32-28)14-15-27-34-33-26(4-2)35(25)27/h5-15,17,36H,3-4,16,18-19,31H2,1-2H3. The van der Waals surface area contributed by atoms with Crippen LogP contribution in [0.1, 0.15) is 50.9 Å². The zero-order valence-electron chi connectivity index (χ0n) is 20.8. The Bertz CT molecular complexity index is 1550. The SMILES string of the molecule is CCCC1(O)CC(N)(c2ccc(-c3nc4ccc5nnc(CC)n5c4cc3-c3ccccc3)cc2)C1. The molecule has 3 heterocycles. The van der Waals surface area contributed by atoms with Gasteiger partial charge in [-0.05, 0) is 48.6 Å². The minimum absolute atomic E-state index is 0.474. The van der Waals surface area contributed by atoms with Crippen LogP contribution in [0.5, 0.6) is 0 Å². The molecule has 0 bridgehead atoms. The van der Waals surface area contributed by atoms with Crippen molar-refractivity contribution < 1.29 is 5.11 Å². The molecule has 0 amide bonds. The molecule has 1 saturated carbocycles. The number of aromatic nitrogens is 4. The Balaban J connectivity index is 1.47. The predicted molar refractivity (Wildman–Crippen MR) is 143 cm³/mol. The van der Waals surface area contributed by atoms with Gasteiger partial charge in [0.15, 0.2) is 5.65 Å². The van der Waals surface area contributed by atoms with E-state index in [1.807, 2.05) is 18.2 Å². The molecule has 6 heteroatoms. The second-order valence-corrected chi connectivity index (χ2v) is 10.2. The smallest absolute Gasteiger partial charge is 0.161 e. The van der Waals surface area contributed by atoms with E-state index in [1.54, 1.807) is 0 Å². The third kappa shape index (κ3) is 3.69. The van der Waals surface area contributed by atoms with Crippen molar-refractivity contribution in [2.24, 2.45) is 5.73 Å². The van der Waals surface area contributed by atoms with E-state index in [2.05, 4.69) is 83.0 Å². The average Bonchev–Trinajstić information content (AvgIpc) is 3.31. The zero-order chi connectivity index (χ0) is 24.9. The Morgan fingerprint density at radius 1 is 0.917 bits per heavy atom. The van der Waals surface area contributed by atoms with E-state index in [0.29, 0.717) is 12.8 Å². The summed E-state index contributed by atoms with van der Waals surface area (Å²) < 4.78 is 2.11. The summed E-state index contributed by atoms with van der Waals surface area (Å²) in [5.74, 6) is 0.922. The fraction of sp³-hybridized carbons (Fsp3) is 0.300. The van der Waals surface area contributed by atoms with Crippen LogP contribution in [-0.2, 0) is 12.0 Å². The fourth-order valence-electron chi connectivity index (χ4n) is 5.89. The molecule has 1 aliphatic carbocycles. The van der Waals surface area contributed by atoms with Crippen LogP contribution in [0.15, 0.2) is 72.8 Å². The third-order valence-corrected chi connectivity index (χ3v) is 7.56. The number of nitrogens with two attached hydrogens (primary N) is 1. The molecule has 0 radical (unpaired) electrons. The van der Waals surface area contributed by atoms with Crippen LogP contribution in [0.4, 0.5) is 0 Å². The second-order valence-electron chi connectivity index (χ2n) is 10.2. The van der Waals surface area contributed by atoms with Crippen molar-refractivity contribution in [3.8, 4) is 22.4 Å². The molecule has 1 aliphatic rings. The highest BCUT2D eigenvalue weighted by molar-refractivity contribution is 5.91. The van der Waals surface area contributed by atoms with Crippen LogP contribution in [0.2, 0.25) is 0 Å². The summed E-state index contributed by atoms with van der Waals surface area (Å²) in [6.07, 6.45) is 3.75. The summed E-state index contributed by atoms with van der Waals surface area (Å²) in [6.45, 7) is 4.19. The number of aryl methyl sites for hydroxylation is 1. The molecule has 1 fully saturated rings. The average molecular weight is 478 g/mol. The minimum atomic E-state index is -0.632. The van der Waals surface area contributed by atoms with Crippen LogP contribution in [-0.4, -0.2) is 30.3 Å². The van der Waals surface area contributed by atoms with E-state index in [-0.39, 0.29) is 0 Å². The van der Waals surface area contributed by atoms with Crippen LogP contribution in [0, 0.1) is 0 Å². The Hall–Kier alpha value is -3.61. The van der Waals surface area contributed by atoms with Gasteiger partial charge >= 0.3 is 0 Å². The summed E-state index contributed by atoms with van der Waals surface area (Å²) in [4.78, 5) is 5.15. The van der Waals surface area contributed by atoms with E-state index in [1.165, 1.54) is 0 Å². The molecular weight excluding hydrogens is 446 g/mol. The van der Waals surface area contributed by atoms with Gasteiger partial charge in [-0.2, -0.15) is 0 Å². The first-order valence-corrected chi connectivity index (χ1v) is 12.8. The Labute approximate surface area is 210 Å². The van der Waals surface area contributed by atoms with Gasteiger partial charge in [0.1, 0.15) is 5.82 Å². The Kier molecular flexibility index (Phi) is 5.39. The number of rotatable bonds is 6. The molecule has 0 unspecified atom stereocenters. The Morgan fingerprint density at radius 3 is 2.36 bits per heavy atom. The summed E-state index contributed by atoms with van der Waals surface area (Å²) in [5.41, 5.74) is 13.5. The van der Waals surface area contributed by atoms with Gasteiger partial charge in [-0.1, -0.05) is 74.9 Å². The lowest BCUT2D eigenvalue weighted by atomic mass is 9.61. The van der Waals surface area contributed by atoms with Gasteiger partial charge in [0.2, 0.25) is 0 Å². The van der Waals surface area contributed by atoms with Crippen molar-refractivity contribution in [3.05, 3.63) is 84.2 Å². The number of aliphatic hydroxyl groups is 1. The number of fused-ring (bicyclic) bond motifs is 3. The van der Waals surface area contributed by atoms with Gasteiger partial charge in [-0.3, -0.25) is 4.40 Å². The van der Waals surface area contributed by atoms with E-state index < -0.39 is 11.1 Å². The van der Waals surface area contributed by atoms with Crippen LogP contribution in [0.3, 0.4) is 0 Å². The summed E-state index contributed by atoms with van der Waals surface area (Å²) in [7, 11) is 0. The van der Waals surface area contributed by atoms with E-state index >= 15 is 0 Å². The number of hydrogen-bond donors (Lipinski definition) is 2. The van der Waals surface area contributed by atoms with Crippen molar-refractivity contribution in [2.75, 3.05) is 0 Å². The molecule has 6 nitrogen and oxygen atoms in total. The highest BCUT2D eigenvalue weighted by Gasteiger charge is 2.51. The van der Waals surface area contributed by atoms with Crippen LogP contribution < -0.4 is 5.73 Å². The first-order chi connectivity index (χ1) is 17.4. The second kappa shape index (κ2) is 8.50. The molecule has 5 aromatic rings. The molecule has 36 heavy (non-hydrogen) atoms. The topological polar surface area (TPSA) is 89.3 Å². The van der Waals surface area contributed by atoms with Crippen LogP contribution >= 0.6 is 0 Å². The van der Waals surface area contributed by atoms with Crippen molar-refractivity contribution in [1.82, 2.24) is 19.6 Å². The van der Waals surface area contributed by atoms with Crippen molar-refractivity contribution in [2.45, 2.75) is 57.1 Å². The van der Waals surface area contributed by atoms with Crippen molar-refractivity contribution >= 4 is 16.7 Å². The molecule has 0 saturated heterocycles. The first kappa shape index (κ1) is 22.8. The van der Waals surface area contributed by atoms with Gasteiger partial charge in [0.25, 0.3) is 0 Å². The Morgan fingerprint density at radius 2 is 1.67 bits per heavy atom. The molecule has 0 spiro atoms. The monoisotopic (exact) mass is 477 g/mol. The highest BCUT2D eigenvalue weighted by Crippen LogP contribution is 2.49. The molecule has 3 N–H and O–H groups in total. The van der Waals surface area contributed by atoms with Gasteiger partial charge in [-0.15, -0.1) is 10.2 Å². The number of benzene rings is 2. The maximum Gasteiger partial charge on any atom is 0.161 e. The van der Waals surface area contributed by atoms with Gasteiger partial charge in [-0.25, -0.2) is 4.98 Å². The molecule has 3 aromatic heterocycles. The quantitative estimate of drug-likeness (QED) is 0.330. The van der Waals surface area contributed by atoms with Gasteiger partial charge < -0.3 is 10.8 Å². The van der Waals surface area contributed by atoms with Gasteiger partial charge in [0, 0.05) is 23.1 Å². The number of hydrogen-bond acceptors (Lipinski definition) is 5. The molecular formula is C30H31N5O. The van der Waals surface area contributed by atoms with E-state index in [4.69, 9.17) is 10.7 Å². The van der Waals surface area contributed by atoms with Gasteiger partial charge in [0.05, 0.1) is 22.3 Å². The largest absolute Gasteiger partial charge is 0.390 e.